The Balaban J connectivity index is 0.000000902. The Morgan fingerprint density at radius 1 is 1.05 bits per heavy atom. The minimum absolute atomic E-state index is 0. The second-order valence-electron chi connectivity index (χ2n) is 4.31. The molecule has 1 heterocycles. The summed E-state index contributed by atoms with van der Waals surface area (Å²) in [6.45, 7) is 0. The summed E-state index contributed by atoms with van der Waals surface area (Å²) < 4.78 is 5.98. The molecule has 102 valence electrons. The second kappa shape index (κ2) is 6.04. The van der Waals surface area contributed by atoms with E-state index in [4.69, 9.17) is 16.2 Å². The molecule has 0 bridgehead atoms. The first-order valence-corrected chi connectivity index (χ1v) is 5.63. The number of halogens is 2. The highest BCUT2D eigenvalue weighted by Crippen LogP contribution is 2.32. The molecule has 0 fully saturated rings. The van der Waals surface area contributed by atoms with E-state index in [1.807, 2.05) is 42.5 Å². The lowest BCUT2D eigenvalue weighted by Gasteiger charge is -2.24. The Labute approximate surface area is 124 Å². The van der Waals surface area contributed by atoms with E-state index in [1.165, 1.54) is 0 Å². The average molecular weight is 299 g/mol. The molecule has 3 rings (SSSR count). The summed E-state index contributed by atoms with van der Waals surface area (Å²) in [5.74, 6) is 0.881. The number of nitrogens with two attached hydrogens (primary N) is 2. The zero-order chi connectivity index (χ0) is 11.8. The highest BCUT2D eigenvalue weighted by atomic mass is 35.5. The number of ether oxygens (including phenoxy) is 1. The number of allylic oxidation sites excluding steroid dienone is 1. The van der Waals surface area contributed by atoms with Gasteiger partial charge in [0, 0.05) is 29.0 Å². The average Bonchev–Trinajstić information content (AvgIpc) is 2.47. The summed E-state index contributed by atoms with van der Waals surface area (Å²) in [6.07, 6.45) is 6.49. The van der Waals surface area contributed by atoms with Crippen LogP contribution in [0.25, 0.3) is 6.08 Å². The third-order valence-corrected chi connectivity index (χ3v) is 3.07. The zero-order valence-corrected chi connectivity index (χ0v) is 11.8. The largest absolute Gasteiger partial charge is 0.485 e. The van der Waals surface area contributed by atoms with E-state index in [0.717, 1.165) is 22.6 Å². The Morgan fingerprint density at radius 2 is 1.79 bits per heavy atom. The van der Waals surface area contributed by atoms with Crippen LogP contribution in [0.15, 0.2) is 53.4 Å². The fourth-order valence-corrected chi connectivity index (χ4v) is 2.22. The van der Waals surface area contributed by atoms with Crippen molar-refractivity contribution in [1.82, 2.24) is 0 Å². The van der Waals surface area contributed by atoms with Crippen LogP contribution in [0.3, 0.4) is 0 Å². The van der Waals surface area contributed by atoms with Gasteiger partial charge in [-0.3, -0.25) is 0 Å². The summed E-state index contributed by atoms with van der Waals surface area (Å²) >= 11 is 0. The van der Waals surface area contributed by atoms with Crippen molar-refractivity contribution >= 4 is 30.9 Å². The van der Waals surface area contributed by atoms with Crippen LogP contribution in [-0.4, -0.2) is 6.10 Å². The van der Waals surface area contributed by atoms with Gasteiger partial charge in [-0.25, -0.2) is 0 Å². The van der Waals surface area contributed by atoms with Gasteiger partial charge in [0.25, 0.3) is 0 Å². The van der Waals surface area contributed by atoms with Crippen molar-refractivity contribution < 1.29 is 4.74 Å². The maximum atomic E-state index is 5.98. The van der Waals surface area contributed by atoms with Gasteiger partial charge in [-0.1, -0.05) is 30.4 Å². The van der Waals surface area contributed by atoms with Crippen LogP contribution in [0.5, 0.6) is 5.75 Å². The molecule has 0 saturated heterocycles. The van der Waals surface area contributed by atoms with Crippen molar-refractivity contribution in [3.63, 3.8) is 0 Å². The van der Waals surface area contributed by atoms with E-state index >= 15 is 0 Å². The number of hydrogen-bond donors (Lipinski definition) is 2. The first-order valence-electron chi connectivity index (χ1n) is 5.63. The molecule has 1 unspecified atom stereocenters. The quantitative estimate of drug-likeness (QED) is 0.774. The fraction of sp³-hybridized carbons (Fsp3) is 0.143. The van der Waals surface area contributed by atoms with Crippen LogP contribution in [0.4, 0.5) is 0 Å². The molecule has 5 heteroatoms. The van der Waals surface area contributed by atoms with Crippen molar-refractivity contribution in [2.45, 2.75) is 12.5 Å². The molecule has 19 heavy (non-hydrogen) atoms. The molecule has 1 aliphatic heterocycles. The molecule has 0 spiro atoms. The Morgan fingerprint density at radius 3 is 2.58 bits per heavy atom. The monoisotopic (exact) mass is 298 g/mol. The molecule has 1 atom stereocenters. The molecule has 1 aromatic carbocycles. The number of benzene rings is 1. The second-order valence-corrected chi connectivity index (χ2v) is 4.31. The summed E-state index contributed by atoms with van der Waals surface area (Å²) in [6, 6.07) is 7.95. The lowest BCUT2D eigenvalue weighted by molar-refractivity contribution is 0.238. The van der Waals surface area contributed by atoms with Gasteiger partial charge in [0.2, 0.25) is 0 Å². The van der Waals surface area contributed by atoms with Gasteiger partial charge in [0.05, 0.1) is 0 Å². The van der Waals surface area contributed by atoms with Crippen molar-refractivity contribution in [1.29, 1.82) is 0 Å². The van der Waals surface area contributed by atoms with Gasteiger partial charge in [0.1, 0.15) is 11.9 Å². The van der Waals surface area contributed by atoms with Gasteiger partial charge >= 0.3 is 0 Å². The number of hydrogen-bond acceptors (Lipinski definition) is 3. The molecule has 2 aliphatic rings. The zero-order valence-electron chi connectivity index (χ0n) is 10.2. The molecular weight excluding hydrogens is 283 g/mol. The van der Waals surface area contributed by atoms with E-state index < -0.39 is 0 Å². The fourth-order valence-electron chi connectivity index (χ4n) is 2.22. The lowest BCUT2D eigenvalue weighted by atomic mass is 9.97. The third-order valence-electron chi connectivity index (χ3n) is 3.07. The number of rotatable bonds is 0. The smallest absolute Gasteiger partial charge is 0.131 e. The highest BCUT2D eigenvalue weighted by molar-refractivity contribution is 5.85. The molecule has 1 aliphatic carbocycles. The number of para-hydroxylation sites is 1. The molecule has 0 saturated carbocycles. The highest BCUT2D eigenvalue weighted by Gasteiger charge is 2.24. The molecule has 0 amide bonds. The minimum Gasteiger partial charge on any atom is -0.485 e. The molecular formula is C14H16Cl2N2O. The van der Waals surface area contributed by atoms with Crippen LogP contribution < -0.4 is 16.2 Å². The van der Waals surface area contributed by atoms with Crippen molar-refractivity contribution in [2.24, 2.45) is 11.5 Å². The van der Waals surface area contributed by atoms with Crippen molar-refractivity contribution in [2.75, 3.05) is 0 Å². The molecule has 4 N–H and O–H groups in total. The Hall–Kier alpha value is -1.58. The SMILES string of the molecule is Cl.Cl.NC1=CC(N)=C2C=Cc3ccccc3OC2C1. The standard InChI is InChI=1S/C14H14N2O.2ClH/c15-10-7-12(16)11-6-5-9-3-1-2-4-13(9)17-14(11)8-10;;/h1-7,14H,8,15-16H2;2*1H. The summed E-state index contributed by atoms with van der Waals surface area (Å²) in [4.78, 5) is 0. The van der Waals surface area contributed by atoms with E-state index in [-0.39, 0.29) is 30.9 Å². The Bertz CT molecular complexity index is 564. The van der Waals surface area contributed by atoms with Crippen molar-refractivity contribution in [3.05, 3.63) is 58.9 Å². The topological polar surface area (TPSA) is 61.3 Å². The van der Waals surface area contributed by atoms with Gasteiger partial charge in [0.15, 0.2) is 0 Å². The van der Waals surface area contributed by atoms with Crippen molar-refractivity contribution in [3.8, 4) is 5.75 Å². The molecule has 3 nitrogen and oxygen atoms in total. The lowest BCUT2D eigenvalue weighted by Crippen LogP contribution is -2.27. The van der Waals surface area contributed by atoms with E-state index in [2.05, 4.69) is 0 Å². The molecule has 0 radical (unpaired) electrons. The third kappa shape index (κ3) is 2.88. The first kappa shape index (κ1) is 15.5. The van der Waals surface area contributed by atoms with Crippen LogP contribution in [0.2, 0.25) is 0 Å². The van der Waals surface area contributed by atoms with E-state index in [1.54, 1.807) is 0 Å². The van der Waals surface area contributed by atoms with Gasteiger partial charge in [-0.05, 0) is 12.1 Å². The van der Waals surface area contributed by atoms with Gasteiger partial charge < -0.3 is 16.2 Å². The molecule has 1 aromatic rings. The van der Waals surface area contributed by atoms with Gasteiger partial charge in [-0.2, -0.15) is 0 Å². The molecule has 0 aromatic heterocycles. The predicted molar refractivity (Wildman–Crippen MR) is 82.5 cm³/mol. The van der Waals surface area contributed by atoms with Crippen LogP contribution in [-0.2, 0) is 0 Å². The summed E-state index contributed by atoms with van der Waals surface area (Å²) in [7, 11) is 0. The van der Waals surface area contributed by atoms with Crippen LogP contribution in [0, 0.1) is 0 Å². The predicted octanol–water partition coefficient (Wildman–Crippen LogP) is 2.76. The van der Waals surface area contributed by atoms with E-state index in [9.17, 15) is 0 Å². The van der Waals surface area contributed by atoms with Gasteiger partial charge in [-0.15, -0.1) is 24.8 Å². The summed E-state index contributed by atoms with van der Waals surface area (Å²) in [5, 5.41) is 0. The maximum Gasteiger partial charge on any atom is 0.131 e. The number of fused-ring (bicyclic) bond motifs is 2. The van der Waals surface area contributed by atoms with Crippen LogP contribution in [0.1, 0.15) is 12.0 Å². The maximum absolute atomic E-state index is 5.98. The normalized spacial score (nSPS) is 19.8. The first-order chi connectivity index (χ1) is 8.24. The van der Waals surface area contributed by atoms with E-state index in [0.29, 0.717) is 12.1 Å². The summed E-state index contributed by atoms with van der Waals surface area (Å²) in [5.41, 5.74) is 15.4. The minimum atomic E-state index is -0.0695. The van der Waals surface area contributed by atoms with Crippen LogP contribution >= 0.6 is 24.8 Å². The Kier molecular flexibility index (Phi) is 4.92.